The van der Waals surface area contributed by atoms with E-state index in [1.807, 2.05) is 30.7 Å². The monoisotopic (exact) mass is 284 g/mol. The van der Waals surface area contributed by atoms with Gasteiger partial charge in [0, 0.05) is 12.5 Å². The molecule has 3 N–H and O–H groups in total. The SMILES string of the molecule is CC(CCCC(=O)O)NC(=O)NC(C)c1ccsc1. The van der Waals surface area contributed by atoms with E-state index in [1.54, 1.807) is 11.3 Å². The second kappa shape index (κ2) is 7.78. The lowest BCUT2D eigenvalue weighted by molar-refractivity contribution is -0.137. The lowest BCUT2D eigenvalue weighted by Gasteiger charge is -2.17. The van der Waals surface area contributed by atoms with Gasteiger partial charge in [0.05, 0.1) is 6.04 Å². The Morgan fingerprint density at radius 2 is 2.11 bits per heavy atom. The van der Waals surface area contributed by atoms with Gasteiger partial charge in [0.25, 0.3) is 0 Å². The van der Waals surface area contributed by atoms with Crippen molar-refractivity contribution in [1.29, 1.82) is 0 Å². The first-order chi connectivity index (χ1) is 8.99. The first-order valence-corrected chi connectivity index (χ1v) is 7.24. The molecule has 0 bridgehead atoms. The molecule has 0 aliphatic carbocycles. The highest BCUT2D eigenvalue weighted by atomic mass is 32.1. The van der Waals surface area contributed by atoms with Crippen LogP contribution in [0.5, 0.6) is 0 Å². The number of carboxylic acids is 1. The van der Waals surface area contributed by atoms with Crippen molar-refractivity contribution >= 4 is 23.3 Å². The smallest absolute Gasteiger partial charge is 0.315 e. The fraction of sp³-hybridized carbons (Fsp3) is 0.538. The number of aliphatic carboxylic acids is 1. The van der Waals surface area contributed by atoms with E-state index in [2.05, 4.69) is 10.6 Å². The Balaban J connectivity index is 2.24. The second-order valence-corrected chi connectivity index (χ2v) is 5.36. The standard InChI is InChI=1S/C13H20N2O3S/c1-9(4-3-5-12(16)17)14-13(18)15-10(2)11-6-7-19-8-11/h6-10H,3-5H2,1-2H3,(H,16,17)(H2,14,15,18). The van der Waals surface area contributed by atoms with Crippen molar-refractivity contribution in [3.63, 3.8) is 0 Å². The summed E-state index contributed by atoms with van der Waals surface area (Å²) in [6.07, 6.45) is 1.36. The number of carbonyl (C=O) groups excluding carboxylic acids is 1. The van der Waals surface area contributed by atoms with E-state index >= 15 is 0 Å². The highest BCUT2D eigenvalue weighted by Crippen LogP contribution is 2.15. The average molecular weight is 284 g/mol. The molecule has 0 aliphatic heterocycles. The van der Waals surface area contributed by atoms with E-state index in [9.17, 15) is 9.59 Å². The molecule has 1 rings (SSSR count). The molecule has 1 heterocycles. The molecule has 0 spiro atoms. The Hall–Kier alpha value is -1.56. The van der Waals surface area contributed by atoms with Crippen LogP contribution in [-0.2, 0) is 4.79 Å². The second-order valence-electron chi connectivity index (χ2n) is 4.58. The third-order valence-electron chi connectivity index (χ3n) is 2.80. The van der Waals surface area contributed by atoms with Crippen molar-refractivity contribution in [3.05, 3.63) is 22.4 Å². The summed E-state index contributed by atoms with van der Waals surface area (Å²) in [4.78, 5) is 22.1. The normalized spacial score (nSPS) is 13.6. The molecule has 1 aromatic rings. The minimum absolute atomic E-state index is 0.0301. The van der Waals surface area contributed by atoms with Crippen molar-refractivity contribution in [3.8, 4) is 0 Å². The number of hydrogen-bond acceptors (Lipinski definition) is 3. The van der Waals surface area contributed by atoms with Gasteiger partial charge in [-0.25, -0.2) is 4.79 Å². The number of carbonyl (C=O) groups is 2. The summed E-state index contributed by atoms with van der Waals surface area (Å²) in [5.41, 5.74) is 1.08. The number of carboxylic acid groups (broad SMARTS) is 1. The highest BCUT2D eigenvalue weighted by molar-refractivity contribution is 7.07. The van der Waals surface area contributed by atoms with Crippen LogP contribution in [0.4, 0.5) is 4.79 Å². The molecule has 0 aromatic carbocycles. The Kier molecular flexibility index (Phi) is 6.35. The third-order valence-corrected chi connectivity index (χ3v) is 3.50. The van der Waals surface area contributed by atoms with Crippen LogP contribution < -0.4 is 10.6 Å². The van der Waals surface area contributed by atoms with Crippen LogP contribution in [0.1, 0.15) is 44.7 Å². The molecular formula is C13H20N2O3S. The van der Waals surface area contributed by atoms with Gasteiger partial charge >= 0.3 is 12.0 Å². The molecule has 2 atom stereocenters. The summed E-state index contributed by atoms with van der Waals surface area (Å²) in [7, 11) is 0. The van der Waals surface area contributed by atoms with E-state index in [0.717, 1.165) is 5.56 Å². The summed E-state index contributed by atoms with van der Waals surface area (Å²) >= 11 is 1.60. The van der Waals surface area contributed by atoms with Gasteiger partial charge in [-0.2, -0.15) is 11.3 Å². The predicted molar refractivity (Wildman–Crippen MR) is 75.4 cm³/mol. The molecule has 0 saturated heterocycles. The highest BCUT2D eigenvalue weighted by Gasteiger charge is 2.12. The van der Waals surface area contributed by atoms with Crippen LogP contribution in [0.25, 0.3) is 0 Å². The van der Waals surface area contributed by atoms with Crippen LogP contribution in [0.3, 0.4) is 0 Å². The van der Waals surface area contributed by atoms with Gasteiger partial charge in [-0.1, -0.05) is 0 Å². The summed E-state index contributed by atoms with van der Waals surface area (Å²) < 4.78 is 0. The third kappa shape index (κ3) is 6.24. The van der Waals surface area contributed by atoms with Crippen molar-refractivity contribution in [2.45, 2.75) is 45.2 Å². The zero-order valence-corrected chi connectivity index (χ0v) is 12.0. The molecular weight excluding hydrogens is 264 g/mol. The van der Waals surface area contributed by atoms with Gasteiger partial charge in [-0.05, 0) is 49.1 Å². The topological polar surface area (TPSA) is 78.4 Å². The minimum atomic E-state index is -0.803. The summed E-state index contributed by atoms with van der Waals surface area (Å²) in [6, 6.07) is 1.69. The van der Waals surface area contributed by atoms with Gasteiger partial charge in [0.15, 0.2) is 0 Å². The Bertz CT molecular complexity index is 406. The quantitative estimate of drug-likeness (QED) is 0.720. The van der Waals surface area contributed by atoms with Crippen molar-refractivity contribution in [2.75, 3.05) is 0 Å². The van der Waals surface area contributed by atoms with Crippen molar-refractivity contribution in [1.82, 2.24) is 10.6 Å². The van der Waals surface area contributed by atoms with Crippen LogP contribution in [0.15, 0.2) is 16.8 Å². The first kappa shape index (κ1) is 15.5. The number of nitrogens with one attached hydrogen (secondary N) is 2. The maximum Gasteiger partial charge on any atom is 0.315 e. The molecule has 0 aliphatic rings. The molecule has 6 heteroatoms. The summed E-state index contributed by atoms with van der Waals surface area (Å²) in [5, 5.41) is 18.2. The van der Waals surface area contributed by atoms with Crippen molar-refractivity contribution in [2.24, 2.45) is 0 Å². The van der Waals surface area contributed by atoms with Crippen LogP contribution in [-0.4, -0.2) is 23.1 Å². The van der Waals surface area contributed by atoms with Crippen molar-refractivity contribution < 1.29 is 14.7 Å². The number of thiophene rings is 1. The lowest BCUT2D eigenvalue weighted by Crippen LogP contribution is -2.41. The predicted octanol–water partition coefficient (Wildman–Crippen LogP) is 2.75. The maximum atomic E-state index is 11.7. The molecule has 106 valence electrons. The Morgan fingerprint density at radius 1 is 1.37 bits per heavy atom. The molecule has 2 amide bonds. The number of rotatable bonds is 7. The average Bonchev–Trinajstić information content (AvgIpc) is 2.81. The summed E-state index contributed by atoms with van der Waals surface area (Å²) in [5.74, 6) is -0.803. The van der Waals surface area contributed by atoms with Gasteiger partial charge in [0.1, 0.15) is 0 Å². The van der Waals surface area contributed by atoms with Gasteiger partial charge in [0.2, 0.25) is 0 Å². The molecule has 0 radical (unpaired) electrons. The van der Waals surface area contributed by atoms with Crippen LogP contribution >= 0.6 is 11.3 Å². The molecule has 2 unspecified atom stereocenters. The fourth-order valence-electron chi connectivity index (χ4n) is 1.70. The molecule has 0 saturated carbocycles. The number of amides is 2. The zero-order valence-electron chi connectivity index (χ0n) is 11.2. The number of hydrogen-bond donors (Lipinski definition) is 3. The van der Waals surface area contributed by atoms with Gasteiger partial charge in [-0.3, -0.25) is 4.79 Å². The lowest BCUT2D eigenvalue weighted by atomic mass is 10.1. The minimum Gasteiger partial charge on any atom is -0.481 e. The van der Waals surface area contributed by atoms with Crippen LogP contribution in [0.2, 0.25) is 0 Å². The van der Waals surface area contributed by atoms with E-state index in [0.29, 0.717) is 12.8 Å². The molecule has 0 fully saturated rings. The zero-order chi connectivity index (χ0) is 14.3. The molecule has 1 aromatic heterocycles. The first-order valence-electron chi connectivity index (χ1n) is 6.30. The van der Waals surface area contributed by atoms with E-state index in [4.69, 9.17) is 5.11 Å². The van der Waals surface area contributed by atoms with E-state index in [-0.39, 0.29) is 24.5 Å². The van der Waals surface area contributed by atoms with E-state index in [1.165, 1.54) is 0 Å². The molecule has 19 heavy (non-hydrogen) atoms. The Labute approximate surface area is 117 Å². The molecule has 5 nitrogen and oxygen atoms in total. The van der Waals surface area contributed by atoms with Crippen LogP contribution in [0, 0.1) is 0 Å². The maximum absolute atomic E-state index is 11.7. The Morgan fingerprint density at radius 3 is 2.68 bits per heavy atom. The fourth-order valence-corrected chi connectivity index (χ4v) is 2.45. The number of urea groups is 1. The van der Waals surface area contributed by atoms with Gasteiger partial charge < -0.3 is 15.7 Å². The van der Waals surface area contributed by atoms with E-state index < -0.39 is 5.97 Å². The largest absolute Gasteiger partial charge is 0.481 e. The summed E-state index contributed by atoms with van der Waals surface area (Å²) in [6.45, 7) is 3.80. The van der Waals surface area contributed by atoms with Gasteiger partial charge in [-0.15, -0.1) is 0 Å².